The standard InChI is InChI=1S/C17H16N2O4/c1-22-17(21)14-9-5-6-10-15(14)19-16(20)12-23-18-11-13-7-3-2-4-8-13/h2-11H,12H2,1H3,(H,19,20)/b18-11-. The number of nitrogens with zero attached hydrogens (tertiary/aromatic N) is 1. The van der Waals surface area contributed by atoms with Crippen LogP contribution in [0.3, 0.4) is 0 Å². The molecule has 1 amide bonds. The lowest BCUT2D eigenvalue weighted by atomic mass is 10.2. The summed E-state index contributed by atoms with van der Waals surface area (Å²) in [6, 6.07) is 15.9. The van der Waals surface area contributed by atoms with Gasteiger partial charge < -0.3 is 14.9 Å². The van der Waals surface area contributed by atoms with Crippen molar-refractivity contribution >= 4 is 23.8 Å². The molecule has 23 heavy (non-hydrogen) atoms. The average Bonchev–Trinajstić information content (AvgIpc) is 2.59. The highest BCUT2D eigenvalue weighted by molar-refractivity contribution is 6.01. The quantitative estimate of drug-likeness (QED) is 0.505. The monoisotopic (exact) mass is 312 g/mol. The number of amides is 1. The maximum absolute atomic E-state index is 11.8. The zero-order valence-corrected chi connectivity index (χ0v) is 12.6. The minimum absolute atomic E-state index is 0.265. The molecule has 0 saturated heterocycles. The molecule has 0 aromatic heterocycles. The highest BCUT2D eigenvalue weighted by atomic mass is 16.6. The van der Waals surface area contributed by atoms with E-state index in [0.29, 0.717) is 5.69 Å². The Balaban J connectivity index is 1.88. The molecule has 0 saturated carbocycles. The van der Waals surface area contributed by atoms with Gasteiger partial charge >= 0.3 is 5.97 Å². The molecule has 0 atom stereocenters. The summed E-state index contributed by atoms with van der Waals surface area (Å²) in [4.78, 5) is 28.4. The molecule has 0 spiro atoms. The van der Waals surface area contributed by atoms with Gasteiger partial charge in [-0.15, -0.1) is 0 Å². The lowest BCUT2D eigenvalue weighted by Gasteiger charge is -2.08. The Labute approximate surface area is 133 Å². The normalized spacial score (nSPS) is 10.3. The molecule has 118 valence electrons. The van der Waals surface area contributed by atoms with Gasteiger partial charge in [0.15, 0.2) is 6.61 Å². The number of hydrogen-bond acceptors (Lipinski definition) is 5. The van der Waals surface area contributed by atoms with E-state index in [2.05, 4.69) is 15.2 Å². The minimum Gasteiger partial charge on any atom is -0.465 e. The van der Waals surface area contributed by atoms with Crippen LogP contribution >= 0.6 is 0 Å². The number of rotatable bonds is 6. The number of methoxy groups -OCH3 is 1. The van der Waals surface area contributed by atoms with Crippen molar-refractivity contribution in [1.82, 2.24) is 0 Å². The molecule has 6 nitrogen and oxygen atoms in total. The highest BCUT2D eigenvalue weighted by Gasteiger charge is 2.13. The fraction of sp³-hybridized carbons (Fsp3) is 0.118. The summed E-state index contributed by atoms with van der Waals surface area (Å²) in [6.45, 7) is -0.265. The largest absolute Gasteiger partial charge is 0.465 e. The molecular formula is C17H16N2O4. The van der Waals surface area contributed by atoms with Crippen LogP contribution < -0.4 is 5.32 Å². The fourth-order valence-electron chi connectivity index (χ4n) is 1.80. The Bertz CT molecular complexity index is 699. The molecule has 0 radical (unpaired) electrons. The summed E-state index contributed by atoms with van der Waals surface area (Å²) in [7, 11) is 1.28. The van der Waals surface area contributed by atoms with Gasteiger partial charge in [-0.2, -0.15) is 0 Å². The van der Waals surface area contributed by atoms with E-state index in [0.717, 1.165) is 5.56 Å². The molecule has 0 heterocycles. The van der Waals surface area contributed by atoms with Crippen LogP contribution in [0, 0.1) is 0 Å². The number of oxime groups is 1. The lowest BCUT2D eigenvalue weighted by Crippen LogP contribution is -2.19. The second kappa shape index (κ2) is 8.33. The Morgan fingerprint density at radius 1 is 1.09 bits per heavy atom. The van der Waals surface area contributed by atoms with E-state index >= 15 is 0 Å². The van der Waals surface area contributed by atoms with Gasteiger partial charge in [0.05, 0.1) is 24.6 Å². The van der Waals surface area contributed by atoms with Crippen molar-refractivity contribution < 1.29 is 19.2 Å². The topological polar surface area (TPSA) is 77.0 Å². The number of esters is 1. The van der Waals surface area contributed by atoms with E-state index in [-0.39, 0.29) is 12.2 Å². The average molecular weight is 312 g/mol. The first-order valence-corrected chi connectivity index (χ1v) is 6.88. The molecule has 2 aromatic rings. The van der Waals surface area contributed by atoms with Gasteiger partial charge in [-0.25, -0.2) is 4.79 Å². The molecule has 2 rings (SSSR count). The van der Waals surface area contributed by atoms with Crippen molar-refractivity contribution in [1.29, 1.82) is 0 Å². The summed E-state index contributed by atoms with van der Waals surface area (Å²) in [5, 5.41) is 6.31. The first-order chi connectivity index (χ1) is 11.2. The highest BCUT2D eigenvalue weighted by Crippen LogP contribution is 2.15. The molecule has 2 aromatic carbocycles. The van der Waals surface area contributed by atoms with E-state index in [9.17, 15) is 9.59 Å². The van der Waals surface area contributed by atoms with E-state index in [1.165, 1.54) is 13.3 Å². The molecule has 0 unspecified atom stereocenters. The lowest BCUT2D eigenvalue weighted by molar-refractivity contribution is -0.120. The van der Waals surface area contributed by atoms with Gasteiger partial charge in [0.2, 0.25) is 0 Å². The van der Waals surface area contributed by atoms with Crippen molar-refractivity contribution in [2.75, 3.05) is 19.0 Å². The van der Waals surface area contributed by atoms with E-state index < -0.39 is 11.9 Å². The van der Waals surface area contributed by atoms with Crippen LogP contribution in [0.5, 0.6) is 0 Å². The van der Waals surface area contributed by atoms with Crippen LogP contribution in [0.2, 0.25) is 0 Å². The zero-order valence-electron chi connectivity index (χ0n) is 12.6. The molecule has 0 bridgehead atoms. The third-order valence-corrected chi connectivity index (χ3v) is 2.88. The van der Waals surface area contributed by atoms with Crippen molar-refractivity contribution in [2.24, 2.45) is 5.16 Å². The number of anilines is 1. The van der Waals surface area contributed by atoms with Crippen LogP contribution in [0.4, 0.5) is 5.69 Å². The number of benzene rings is 2. The molecule has 0 fully saturated rings. The smallest absolute Gasteiger partial charge is 0.339 e. The van der Waals surface area contributed by atoms with Crippen LogP contribution in [0.1, 0.15) is 15.9 Å². The van der Waals surface area contributed by atoms with E-state index in [1.54, 1.807) is 24.3 Å². The van der Waals surface area contributed by atoms with Gasteiger partial charge in [0.25, 0.3) is 5.91 Å². The minimum atomic E-state index is -0.524. The maximum Gasteiger partial charge on any atom is 0.339 e. The van der Waals surface area contributed by atoms with Gasteiger partial charge in [-0.1, -0.05) is 47.6 Å². The van der Waals surface area contributed by atoms with Crippen LogP contribution in [0.15, 0.2) is 59.8 Å². The van der Waals surface area contributed by atoms with E-state index in [1.807, 2.05) is 30.3 Å². The predicted molar refractivity (Wildman–Crippen MR) is 86.4 cm³/mol. The Kier molecular flexibility index (Phi) is 5.88. The third kappa shape index (κ3) is 4.96. The third-order valence-electron chi connectivity index (χ3n) is 2.88. The SMILES string of the molecule is COC(=O)c1ccccc1NC(=O)CO/N=C\c1ccccc1. The molecular weight excluding hydrogens is 296 g/mol. The van der Waals surface area contributed by atoms with Gasteiger partial charge in [0.1, 0.15) is 0 Å². The molecule has 1 N–H and O–H groups in total. The first kappa shape index (κ1) is 16.2. The first-order valence-electron chi connectivity index (χ1n) is 6.88. The molecule has 0 aliphatic carbocycles. The van der Waals surface area contributed by atoms with Crippen molar-refractivity contribution in [3.8, 4) is 0 Å². The summed E-state index contributed by atoms with van der Waals surface area (Å²) in [5.74, 6) is -0.949. The van der Waals surface area contributed by atoms with Crippen LogP contribution in [-0.4, -0.2) is 31.8 Å². The number of carbonyl (C=O) groups excluding carboxylic acids is 2. The fourth-order valence-corrected chi connectivity index (χ4v) is 1.80. The maximum atomic E-state index is 11.8. The predicted octanol–water partition coefficient (Wildman–Crippen LogP) is 2.46. The number of ether oxygens (including phenoxy) is 1. The summed E-state index contributed by atoms with van der Waals surface area (Å²) >= 11 is 0. The number of hydrogen-bond donors (Lipinski definition) is 1. The van der Waals surface area contributed by atoms with Crippen molar-refractivity contribution in [2.45, 2.75) is 0 Å². The van der Waals surface area contributed by atoms with Crippen molar-refractivity contribution in [3.63, 3.8) is 0 Å². The molecule has 0 aliphatic heterocycles. The van der Waals surface area contributed by atoms with Crippen molar-refractivity contribution in [3.05, 3.63) is 65.7 Å². The Morgan fingerprint density at radius 3 is 2.52 bits per heavy atom. The van der Waals surface area contributed by atoms with Gasteiger partial charge in [-0.05, 0) is 17.7 Å². The van der Waals surface area contributed by atoms with Crippen LogP contribution in [0.25, 0.3) is 0 Å². The number of nitrogens with one attached hydrogen (secondary N) is 1. The number of carbonyl (C=O) groups is 2. The van der Waals surface area contributed by atoms with Gasteiger partial charge in [0, 0.05) is 0 Å². The Morgan fingerprint density at radius 2 is 1.78 bits per heavy atom. The molecule has 0 aliphatic rings. The zero-order chi connectivity index (χ0) is 16.5. The van der Waals surface area contributed by atoms with Gasteiger partial charge in [-0.3, -0.25) is 4.79 Å². The van der Waals surface area contributed by atoms with Crippen LogP contribution in [-0.2, 0) is 14.4 Å². The summed E-state index contributed by atoms with van der Waals surface area (Å²) < 4.78 is 4.66. The Hall–Kier alpha value is -3.15. The summed E-state index contributed by atoms with van der Waals surface area (Å²) in [5.41, 5.74) is 1.50. The summed E-state index contributed by atoms with van der Waals surface area (Å²) in [6.07, 6.45) is 1.51. The molecule has 6 heteroatoms. The second-order valence-electron chi connectivity index (χ2n) is 4.50. The number of para-hydroxylation sites is 1. The second-order valence-corrected chi connectivity index (χ2v) is 4.50. The van der Waals surface area contributed by atoms with E-state index in [4.69, 9.17) is 4.84 Å².